The van der Waals surface area contributed by atoms with Crippen LogP contribution in [0.1, 0.15) is 23.2 Å². The number of para-hydroxylation sites is 2. The number of methoxy groups -OCH3 is 1. The van der Waals surface area contributed by atoms with Gasteiger partial charge in [0.05, 0.1) is 18.5 Å². The molecule has 0 atom stereocenters. The molecule has 0 aliphatic carbocycles. The highest BCUT2D eigenvalue weighted by atomic mass is 16.5. The van der Waals surface area contributed by atoms with Gasteiger partial charge in [0.2, 0.25) is 0 Å². The van der Waals surface area contributed by atoms with Crippen LogP contribution in [-0.4, -0.2) is 36.3 Å². The lowest BCUT2D eigenvalue weighted by Gasteiger charge is -2.15. The normalized spacial score (nSPS) is 13.4. The average Bonchev–Trinajstić information content (AvgIpc) is 3.29. The quantitative estimate of drug-likeness (QED) is 0.731. The van der Waals surface area contributed by atoms with Crippen molar-refractivity contribution in [2.24, 2.45) is 0 Å². The second-order valence-corrected chi connectivity index (χ2v) is 6.70. The zero-order valence-electron chi connectivity index (χ0n) is 15.8. The van der Waals surface area contributed by atoms with Crippen LogP contribution in [0.3, 0.4) is 0 Å². The molecule has 1 N–H and O–H groups in total. The Bertz CT molecular complexity index is 949. The molecular formula is C22H22N4O2. The molecule has 4 rings (SSSR count). The van der Waals surface area contributed by atoms with Crippen LogP contribution in [0, 0.1) is 0 Å². The fraction of sp³-hybridized carbons (Fsp3) is 0.227. The van der Waals surface area contributed by atoms with E-state index in [1.807, 2.05) is 48.5 Å². The zero-order valence-corrected chi connectivity index (χ0v) is 15.8. The van der Waals surface area contributed by atoms with E-state index in [0.29, 0.717) is 17.0 Å². The summed E-state index contributed by atoms with van der Waals surface area (Å²) in [5.74, 6) is 1.36. The molecule has 1 saturated heterocycles. The van der Waals surface area contributed by atoms with E-state index in [4.69, 9.17) is 4.74 Å². The Hall–Kier alpha value is -3.41. The minimum Gasteiger partial charge on any atom is -0.495 e. The van der Waals surface area contributed by atoms with Crippen LogP contribution in [0.4, 0.5) is 11.5 Å². The number of ether oxygens (including phenoxy) is 1. The molecule has 1 aromatic heterocycles. The van der Waals surface area contributed by atoms with Gasteiger partial charge in [-0.05, 0) is 49.2 Å². The fourth-order valence-electron chi connectivity index (χ4n) is 3.33. The number of benzene rings is 2. The number of amides is 1. The summed E-state index contributed by atoms with van der Waals surface area (Å²) in [4.78, 5) is 14.8. The number of carbonyl (C=O) groups is 1. The van der Waals surface area contributed by atoms with Crippen molar-refractivity contribution in [1.82, 2.24) is 10.2 Å². The molecular weight excluding hydrogens is 352 g/mol. The van der Waals surface area contributed by atoms with Crippen molar-refractivity contribution in [3.63, 3.8) is 0 Å². The number of hydrogen-bond acceptors (Lipinski definition) is 5. The number of anilines is 2. The Morgan fingerprint density at radius 2 is 1.71 bits per heavy atom. The Labute approximate surface area is 164 Å². The molecule has 6 heteroatoms. The lowest BCUT2D eigenvalue weighted by atomic mass is 10.1. The molecule has 1 fully saturated rings. The third-order valence-electron chi connectivity index (χ3n) is 4.88. The monoisotopic (exact) mass is 374 g/mol. The summed E-state index contributed by atoms with van der Waals surface area (Å²) in [6.45, 7) is 2.09. The molecule has 142 valence electrons. The molecule has 0 saturated carbocycles. The Morgan fingerprint density at radius 3 is 2.39 bits per heavy atom. The summed E-state index contributed by atoms with van der Waals surface area (Å²) in [5.41, 5.74) is 2.92. The van der Waals surface area contributed by atoms with Gasteiger partial charge in [0.15, 0.2) is 5.82 Å². The van der Waals surface area contributed by atoms with Gasteiger partial charge < -0.3 is 15.0 Å². The Balaban J connectivity index is 1.46. The highest BCUT2D eigenvalue weighted by Gasteiger charge is 2.14. The standard InChI is InChI=1S/C22H22N4O2/c1-28-20-7-3-2-6-19(20)23-22(27)17-10-8-16(9-11-17)18-12-13-21(25-24-18)26-14-4-5-15-26/h2-3,6-13H,4-5,14-15H2,1H3,(H,23,27). The highest BCUT2D eigenvalue weighted by Crippen LogP contribution is 2.25. The van der Waals surface area contributed by atoms with Crippen LogP contribution < -0.4 is 15.0 Å². The Morgan fingerprint density at radius 1 is 0.964 bits per heavy atom. The molecule has 1 amide bonds. The predicted molar refractivity (Wildman–Crippen MR) is 110 cm³/mol. The van der Waals surface area contributed by atoms with Gasteiger partial charge in [-0.3, -0.25) is 4.79 Å². The van der Waals surface area contributed by atoms with E-state index in [0.717, 1.165) is 30.2 Å². The number of rotatable bonds is 5. The van der Waals surface area contributed by atoms with E-state index in [-0.39, 0.29) is 5.91 Å². The molecule has 6 nitrogen and oxygen atoms in total. The van der Waals surface area contributed by atoms with Crippen molar-refractivity contribution in [3.8, 4) is 17.0 Å². The summed E-state index contributed by atoms with van der Waals surface area (Å²) in [6, 6.07) is 18.7. The molecule has 28 heavy (non-hydrogen) atoms. The lowest BCUT2D eigenvalue weighted by Crippen LogP contribution is -2.19. The summed E-state index contributed by atoms with van der Waals surface area (Å²) in [7, 11) is 1.58. The van der Waals surface area contributed by atoms with Gasteiger partial charge in [0.25, 0.3) is 5.91 Å². The van der Waals surface area contributed by atoms with Gasteiger partial charge >= 0.3 is 0 Å². The molecule has 0 unspecified atom stereocenters. The first kappa shape index (κ1) is 18.0. The number of nitrogens with one attached hydrogen (secondary N) is 1. The molecule has 0 bridgehead atoms. The van der Waals surface area contributed by atoms with Gasteiger partial charge in [-0.1, -0.05) is 24.3 Å². The minimum atomic E-state index is -0.188. The maximum Gasteiger partial charge on any atom is 0.255 e. The second kappa shape index (κ2) is 8.08. The van der Waals surface area contributed by atoms with Crippen LogP contribution >= 0.6 is 0 Å². The fourth-order valence-corrected chi connectivity index (χ4v) is 3.33. The SMILES string of the molecule is COc1ccccc1NC(=O)c1ccc(-c2ccc(N3CCCC3)nn2)cc1. The number of hydrogen-bond donors (Lipinski definition) is 1. The van der Waals surface area contributed by atoms with Crippen LogP contribution in [-0.2, 0) is 0 Å². The molecule has 2 aromatic carbocycles. The molecule has 3 aromatic rings. The maximum atomic E-state index is 12.5. The van der Waals surface area contributed by atoms with E-state index in [1.165, 1.54) is 12.8 Å². The average molecular weight is 374 g/mol. The summed E-state index contributed by atoms with van der Waals surface area (Å²) >= 11 is 0. The van der Waals surface area contributed by atoms with E-state index in [9.17, 15) is 4.79 Å². The molecule has 0 spiro atoms. The third kappa shape index (κ3) is 3.81. The summed E-state index contributed by atoms with van der Waals surface area (Å²) < 4.78 is 5.27. The van der Waals surface area contributed by atoms with Crippen LogP contribution in [0.5, 0.6) is 5.75 Å². The predicted octanol–water partition coefficient (Wildman–Crippen LogP) is 4.00. The van der Waals surface area contributed by atoms with Crippen LogP contribution in [0.2, 0.25) is 0 Å². The van der Waals surface area contributed by atoms with E-state index in [1.54, 1.807) is 19.2 Å². The number of nitrogens with zero attached hydrogens (tertiary/aromatic N) is 3. The number of carbonyl (C=O) groups excluding carboxylic acids is 1. The minimum absolute atomic E-state index is 0.188. The van der Waals surface area contributed by atoms with Crippen molar-refractivity contribution < 1.29 is 9.53 Å². The number of aromatic nitrogens is 2. The lowest BCUT2D eigenvalue weighted by molar-refractivity contribution is 0.102. The first-order valence-electron chi connectivity index (χ1n) is 9.38. The second-order valence-electron chi connectivity index (χ2n) is 6.70. The van der Waals surface area contributed by atoms with E-state index < -0.39 is 0 Å². The van der Waals surface area contributed by atoms with Gasteiger partial charge in [0.1, 0.15) is 5.75 Å². The van der Waals surface area contributed by atoms with E-state index in [2.05, 4.69) is 20.4 Å². The van der Waals surface area contributed by atoms with Crippen molar-refractivity contribution in [2.45, 2.75) is 12.8 Å². The van der Waals surface area contributed by atoms with Gasteiger partial charge in [-0.15, -0.1) is 10.2 Å². The largest absolute Gasteiger partial charge is 0.495 e. The van der Waals surface area contributed by atoms with Gasteiger partial charge in [-0.25, -0.2) is 0 Å². The molecule has 0 radical (unpaired) electrons. The third-order valence-corrected chi connectivity index (χ3v) is 4.88. The zero-order chi connectivity index (χ0) is 19.3. The summed E-state index contributed by atoms with van der Waals surface area (Å²) in [6.07, 6.45) is 2.42. The highest BCUT2D eigenvalue weighted by molar-refractivity contribution is 6.05. The van der Waals surface area contributed by atoms with E-state index >= 15 is 0 Å². The maximum absolute atomic E-state index is 12.5. The first-order chi connectivity index (χ1) is 13.7. The van der Waals surface area contributed by atoms with Gasteiger partial charge in [0, 0.05) is 24.2 Å². The smallest absolute Gasteiger partial charge is 0.255 e. The van der Waals surface area contributed by atoms with Crippen LogP contribution in [0.15, 0.2) is 60.7 Å². The van der Waals surface area contributed by atoms with Crippen molar-refractivity contribution >= 4 is 17.4 Å². The molecule has 1 aliphatic heterocycles. The first-order valence-corrected chi connectivity index (χ1v) is 9.38. The van der Waals surface area contributed by atoms with Crippen molar-refractivity contribution in [3.05, 3.63) is 66.2 Å². The van der Waals surface area contributed by atoms with Crippen molar-refractivity contribution in [2.75, 3.05) is 30.4 Å². The molecule has 1 aliphatic rings. The topological polar surface area (TPSA) is 67.3 Å². The summed E-state index contributed by atoms with van der Waals surface area (Å²) in [5, 5.41) is 11.6. The Kier molecular flexibility index (Phi) is 5.19. The van der Waals surface area contributed by atoms with Crippen molar-refractivity contribution in [1.29, 1.82) is 0 Å². The molecule has 2 heterocycles. The van der Waals surface area contributed by atoms with Crippen LogP contribution in [0.25, 0.3) is 11.3 Å². The van der Waals surface area contributed by atoms with Gasteiger partial charge in [-0.2, -0.15) is 0 Å².